The molecule has 0 aromatic carbocycles. The van der Waals surface area contributed by atoms with E-state index >= 15 is 0 Å². The summed E-state index contributed by atoms with van der Waals surface area (Å²) in [5, 5.41) is 0. The zero-order valence-electron chi connectivity index (χ0n) is 10.7. The van der Waals surface area contributed by atoms with Gasteiger partial charge in [-0.3, -0.25) is 0 Å². The summed E-state index contributed by atoms with van der Waals surface area (Å²) < 4.78 is 38.4. The van der Waals surface area contributed by atoms with E-state index in [0.717, 1.165) is 5.56 Å². The number of anilines is 1. The Kier molecular flexibility index (Phi) is 4.29. The van der Waals surface area contributed by atoms with Gasteiger partial charge in [-0.1, -0.05) is 6.07 Å². The van der Waals surface area contributed by atoms with E-state index in [2.05, 4.69) is 4.98 Å². The Morgan fingerprint density at radius 2 is 2.21 bits per heavy atom. The number of pyridine rings is 1. The summed E-state index contributed by atoms with van der Waals surface area (Å²) in [6, 6.07) is 3.67. The van der Waals surface area contributed by atoms with E-state index in [1.54, 1.807) is 17.2 Å². The number of aromatic nitrogens is 1. The lowest BCUT2D eigenvalue weighted by Gasteiger charge is -2.35. The summed E-state index contributed by atoms with van der Waals surface area (Å²) in [5.41, 5.74) is 6.45. The minimum atomic E-state index is -4.12. The van der Waals surface area contributed by atoms with Crippen molar-refractivity contribution < 1.29 is 13.2 Å². The molecule has 0 radical (unpaired) electrons. The van der Waals surface area contributed by atoms with Crippen LogP contribution >= 0.6 is 0 Å². The van der Waals surface area contributed by atoms with Crippen molar-refractivity contribution in [3.8, 4) is 0 Å². The summed E-state index contributed by atoms with van der Waals surface area (Å²) >= 11 is 0. The zero-order chi connectivity index (χ0) is 13.9. The van der Waals surface area contributed by atoms with Crippen LogP contribution in [0.5, 0.6) is 0 Å². The molecule has 1 aromatic rings. The highest BCUT2D eigenvalue weighted by Crippen LogP contribution is 2.35. The standard InChI is InChI=1S/C13H18F3N3/c14-13(15,16)11-4-2-8-19(9-11)12-10(5-6-17)3-1-7-18-12/h1,3,7,11H,2,4-6,8-9,17H2. The van der Waals surface area contributed by atoms with Crippen LogP contribution in [0.1, 0.15) is 18.4 Å². The lowest BCUT2D eigenvalue weighted by Crippen LogP contribution is -2.42. The van der Waals surface area contributed by atoms with Gasteiger partial charge in [-0.2, -0.15) is 13.2 Å². The van der Waals surface area contributed by atoms with Gasteiger partial charge in [0.25, 0.3) is 0 Å². The lowest BCUT2D eigenvalue weighted by molar-refractivity contribution is -0.176. The number of hydrogen-bond donors (Lipinski definition) is 1. The average Bonchev–Trinajstić information content (AvgIpc) is 2.39. The summed E-state index contributed by atoms with van der Waals surface area (Å²) in [6.07, 6.45) is -1.12. The van der Waals surface area contributed by atoms with Crippen molar-refractivity contribution in [2.75, 3.05) is 24.5 Å². The molecule has 19 heavy (non-hydrogen) atoms. The van der Waals surface area contributed by atoms with E-state index in [-0.39, 0.29) is 13.0 Å². The number of alkyl halides is 3. The van der Waals surface area contributed by atoms with Crippen LogP contribution in [-0.4, -0.2) is 30.8 Å². The Bertz CT molecular complexity index is 420. The van der Waals surface area contributed by atoms with Gasteiger partial charge in [-0.05, 0) is 37.4 Å². The van der Waals surface area contributed by atoms with Gasteiger partial charge in [0.1, 0.15) is 5.82 Å². The second kappa shape index (κ2) is 5.77. The Morgan fingerprint density at radius 1 is 1.42 bits per heavy atom. The van der Waals surface area contributed by atoms with Crippen molar-refractivity contribution in [3.05, 3.63) is 23.9 Å². The van der Waals surface area contributed by atoms with Gasteiger partial charge >= 0.3 is 6.18 Å². The molecule has 1 saturated heterocycles. The normalized spacial score (nSPS) is 20.6. The first kappa shape index (κ1) is 14.1. The van der Waals surface area contributed by atoms with E-state index in [1.807, 2.05) is 6.07 Å². The molecule has 2 N–H and O–H groups in total. The number of nitrogens with zero attached hydrogens (tertiary/aromatic N) is 2. The molecule has 0 bridgehead atoms. The summed E-state index contributed by atoms with van der Waals surface area (Å²) in [6.45, 7) is 1.09. The minimum Gasteiger partial charge on any atom is -0.356 e. The number of halogens is 3. The highest BCUT2D eigenvalue weighted by Gasteiger charge is 2.42. The Balaban J connectivity index is 2.17. The fraction of sp³-hybridized carbons (Fsp3) is 0.615. The molecule has 0 spiro atoms. The van der Waals surface area contributed by atoms with Crippen LogP contribution < -0.4 is 10.6 Å². The third-order valence-electron chi connectivity index (χ3n) is 3.47. The Labute approximate surface area is 110 Å². The highest BCUT2D eigenvalue weighted by atomic mass is 19.4. The fourth-order valence-corrected chi connectivity index (χ4v) is 2.50. The molecular weight excluding hydrogens is 255 g/mol. The SMILES string of the molecule is NCCc1cccnc1N1CCCC(C(F)(F)F)C1. The fourth-order valence-electron chi connectivity index (χ4n) is 2.50. The quantitative estimate of drug-likeness (QED) is 0.919. The smallest absolute Gasteiger partial charge is 0.356 e. The maximum atomic E-state index is 12.8. The first-order valence-corrected chi connectivity index (χ1v) is 6.48. The van der Waals surface area contributed by atoms with E-state index in [4.69, 9.17) is 5.73 Å². The van der Waals surface area contributed by atoms with Crippen molar-refractivity contribution in [2.24, 2.45) is 11.7 Å². The third-order valence-corrected chi connectivity index (χ3v) is 3.47. The van der Waals surface area contributed by atoms with Crippen LogP contribution in [0.25, 0.3) is 0 Å². The molecule has 6 heteroatoms. The molecule has 3 nitrogen and oxygen atoms in total. The van der Waals surface area contributed by atoms with E-state index in [0.29, 0.717) is 31.7 Å². The van der Waals surface area contributed by atoms with Crippen molar-refractivity contribution in [1.29, 1.82) is 0 Å². The zero-order valence-corrected chi connectivity index (χ0v) is 10.7. The number of nitrogens with two attached hydrogens (primary N) is 1. The molecule has 0 amide bonds. The molecule has 0 aliphatic carbocycles. The van der Waals surface area contributed by atoms with Crippen LogP contribution in [0.15, 0.2) is 18.3 Å². The monoisotopic (exact) mass is 273 g/mol. The molecule has 2 heterocycles. The topological polar surface area (TPSA) is 42.1 Å². The Morgan fingerprint density at radius 3 is 2.89 bits per heavy atom. The average molecular weight is 273 g/mol. The van der Waals surface area contributed by atoms with Gasteiger partial charge in [-0.25, -0.2) is 4.98 Å². The maximum absolute atomic E-state index is 12.8. The highest BCUT2D eigenvalue weighted by molar-refractivity contribution is 5.47. The summed E-state index contributed by atoms with van der Waals surface area (Å²) in [7, 11) is 0. The number of piperidine rings is 1. The maximum Gasteiger partial charge on any atom is 0.393 e. The Hall–Kier alpha value is -1.30. The molecule has 2 rings (SSSR count). The summed E-state index contributed by atoms with van der Waals surface area (Å²) in [5.74, 6) is -0.601. The van der Waals surface area contributed by atoms with Crippen LogP contribution in [0, 0.1) is 5.92 Å². The van der Waals surface area contributed by atoms with Crippen LogP contribution in [0.3, 0.4) is 0 Å². The molecule has 1 aromatic heterocycles. The van der Waals surface area contributed by atoms with E-state index in [1.165, 1.54) is 0 Å². The molecule has 1 unspecified atom stereocenters. The van der Waals surface area contributed by atoms with Crippen molar-refractivity contribution in [1.82, 2.24) is 4.98 Å². The van der Waals surface area contributed by atoms with Crippen LogP contribution in [0.2, 0.25) is 0 Å². The largest absolute Gasteiger partial charge is 0.393 e. The molecule has 1 fully saturated rings. The minimum absolute atomic E-state index is 0.00190. The second-order valence-corrected chi connectivity index (χ2v) is 4.85. The second-order valence-electron chi connectivity index (χ2n) is 4.85. The molecular formula is C13H18F3N3. The van der Waals surface area contributed by atoms with Crippen LogP contribution in [0.4, 0.5) is 19.0 Å². The van der Waals surface area contributed by atoms with Crippen molar-refractivity contribution in [3.63, 3.8) is 0 Å². The lowest BCUT2D eigenvalue weighted by atomic mass is 9.97. The van der Waals surface area contributed by atoms with Gasteiger partial charge in [0, 0.05) is 19.3 Å². The number of hydrogen-bond acceptors (Lipinski definition) is 3. The van der Waals surface area contributed by atoms with Crippen LogP contribution in [-0.2, 0) is 6.42 Å². The van der Waals surface area contributed by atoms with E-state index < -0.39 is 12.1 Å². The molecule has 0 saturated carbocycles. The van der Waals surface area contributed by atoms with Crippen molar-refractivity contribution in [2.45, 2.75) is 25.4 Å². The van der Waals surface area contributed by atoms with Gasteiger partial charge in [-0.15, -0.1) is 0 Å². The summed E-state index contributed by atoms with van der Waals surface area (Å²) in [4.78, 5) is 5.98. The first-order chi connectivity index (χ1) is 9.02. The molecule has 106 valence electrons. The van der Waals surface area contributed by atoms with E-state index in [9.17, 15) is 13.2 Å². The number of rotatable bonds is 3. The predicted octanol–water partition coefficient (Wildman–Crippen LogP) is 2.36. The van der Waals surface area contributed by atoms with Gasteiger partial charge in [0.05, 0.1) is 5.92 Å². The first-order valence-electron chi connectivity index (χ1n) is 6.48. The van der Waals surface area contributed by atoms with Gasteiger partial charge < -0.3 is 10.6 Å². The molecule has 1 atom stereocenters. The molecule has 1 aliphatic heterocycles. The molecule has 1 aliphatic rings. The van der Waals surface area contributed by atoms with Gasteiger partial charge in [0.2, 0.25) is 0 Å². The van der Waals surface area contributed by atoms with Crippen molar-refractivity contribution >= 4 is 5.82 Å². The van der Waals surface area contributed by atoms with Gasteiger partial charge in [0.15, 0.2) is 0 Å². The third kappa shape index (κ3) is 3.37. The predicted molar refractivity (Wildman–Crippen MR) is 68.0 cm³/mol.